The average molecular weight is 520 g/mol. The van der Waals surface area contributed by atoms with E-state index in [0.29, 0.717) is 32.5 Å². The van der Waals surface area contributed by atoms with Gasteiger partial charge in [-0.1, -0.05) is 48.0 Å². The number of aromatic nitrogens is 1. The highest BCUT2D eigenvalue weighted by Crippen LogP contribution is 2.32. The molecule has 0 saturated heterocycles. The van der Waals surface area contributed by atoms with E-state index in [-0.39, 0.29) is 17.1 Å². The second-order valence-corrected chi connectivity index (χ2v) is 8.87. The van der Waals surface area contributed by atoms with E-state index in [1.807, 2.05) is 0 Å². The Morgan fingerprint density at radius 1 is 1.05 bits per heavy atom. The van der Waals surface area contributed by atoms with Crippen molar-refractivity contribution in [3.63, 3.8) is 0 Å². The zero-order chi connectivity index (χ0) is 26.9. The third-order valence-electron chi connectivity index (χ3n) is 5.97. The summed E-state index contributed by atoms with van der Waals surface area (Å²) in [4.78, 5) is 49.8. The number of ether oxygens (including phenoxy) is 1. The number of fused-ring (bicyclic) bond motifs is 1. The first-order valence-electron chi connectivity index (χ1n) is 11.2. The van der Waals surface area contributed by atoms with Crippen molar-refractivity contribution in [3.8, 4) is 11.1 Å². The van der Waals surface area contributed by atoms with Crippen LogP contribution in [-0.4, -0.2) is 27.5 Å². The third kappa shape index (κ3) is 5.07. The molecule has 1 atom stereocenters. The van der Waals surface area contributed by atoms with E-state index >= 15 is 0 Å². The van der Waals surface area contributed by atoms with Gasteiger partial charge in [0, 0.05) is 35.2 Å². The molecule has 0 aliphatic carbocycles. The van der Waals surface area contributed by atoms with Gasteiger partial charge in [0.05, 0.1) is 10.6 Å². The van der Waals surface area contributed by atoms with Gasteiger partial charge in [0.25, 0.3) is 17.2 Å². The number of nitro groups is 1. The Hall–Kier alpha value is -4.50. The lowest BCUT2D eigenvalue weighted by Gasteiger charge is -2.19. The largest absolute Gasteiger partial charge is 0.448 e. The Kier molecular flexibility index (Phi) is 7.08. The smallest absolute Gasteiger partial charge is 0.356 e. The number of hydrogen-bond acceptors (Lipinski definition) is 6. The normalized spacial score (nSPS) is 11.7. The summed E-state index contributed by atoms with van der Waals surface area (Å²) >= 11 is 6.06. The van der Waals surface area contributed by atoms with E-state index in [0.717, 1.165) is 0 Å². The molecule has 0 aliphatic heterocycles. The summed E-state index contributed by atoms with van der Waals surface area (Å²) in [5.41, 5.74) is 1.29. The topological polar surface area (TPSA) is 121 Å². The lowest BCUT2D eigenvalue weighted by Crippen LogP contribution is -2.33. The monoisotopic (exact) mass is 519 g/mol. The highest BCUT2D eigenvalue weighted by Gasteiger charge is 2.27. The Bertz CT molecular complexity index is 1610. The van der Waals surface area contributed by atoms with Gasteiger partial charge < -0.3 is 14.6 Å². The number of esters is 1. The van der Waals surface area contributed by atoms with Crippen LogP contribution in [-0.2, 0) is 16.6 Å². The molecule has 1 amide bonds. The minimum absolute atomic E-state index is 0.0304. The van der Waals surface area contributed by atoms with E-state index < -0.39 is 28.5 Å². The maximum atomic E-state index is 13.4. The van der Waals surface area contributed by atoms with E-state index in [1.54, 1.807) is 55.5 Å². The molecule has 1 N–H and O–H groups in total. The van der Waals surface area contributed by atoms with Crippen LogP contribution in [0.4, 0.5) is 11.4 Å². The molecule has 3 aromatic carbocycles. The van der Waals surface area contributed by atoms with Crippen molar-refractivity contribution in [2.24, 2.45) is 7.05 Å². The first-order valence-corrected chi connectivity index (χ1v) is 11.6. The van der Waals surface area contributed by atoms with E-state index in [4.69, 9.17) is 16.3 Å². The number of non-ortho nitro benzene ring substituents is 1. The highest BCUT2D eigenvalue weighted by molar-refractivity contribution is 6.30. The zero-order valence-electron chi connectivity index (χ0n) is 20.2. The number of hydrogen-bond donors (Lipinski definition) is 1. The second-order valence-electron chi connectivity index (χ2n) is 8.43. The molecule has 0 bridgehead atoms. The number of anilines is 1. The summed E-state index contributed by atoms with van der Waals surface area (Å²) in [7, 11) is 1.46. The molecule has 0 saturated carbocycles. The lowest BCUT2D eigenvalue weighted by atomic mass is 9.96. The minimum atomic E-state index is -1.27. The van der Waals surface area contributed by atoms with E-state index in [2.05, 4.69) is 5.32 Å². The Morgan fingerprint density at radius 2 is 1.70 bits per heavy atom. The first-order chi connectivity index (χ1) is 17.6. The van der Waals surface area contributed by atoms with Crippen molar-refractivity contribution in [2.45, 2.75) is 20.0 Å². The summed E-state index contributed by atoms with van der Waals surface area (Å²) < 4.78 is 6.69. The van der Waals surface area contributed by atoms with Gasteiger partial charge in [-0.2, -0.15) is 0 Å². The van der Waals surface area contributed by atoms with Gasteiger partial charge in [0.1, 0.15) is 5.69 Å². The molecule has 1 heterocycles. The minimum Gasteiger partial charge on any atom is -0.448 e. The molecule has 4 aromatic rings. The average Bonchev–Trinajstić information content (AvgIpc) is 2.87. The van der Waals surface area contributed by atoms with Gasteiger partial charge in [-0.05, 0) is 48.6 Å². The van der Waals surface area contributed by atoms with Crippen LogP contribution in [0, 0.1) is 17.0 Å². The number of carbonyl (C=O) groups is 2. The van der Waals surface area contributed by atoms with Gasteiger partial charge >= 0.3 is 5.97 Å². The van der Waals surface area contributed by atoms with Gasteiger partial charge in [0.15, 0.2) is 6.10 Å². The molecule has 10 heteroatoms. The lowest BCUT2D eigenvalue weighted by molar-refractivity contribution is -0.384. The van der Waals surface area contributed by atoms with Crippen LogP contribution in [0.15, 0.2) is 71.5 Å². The molecule has 188 valence electrons. The number of carbonyl (C=O) groups excluding carboxylic acids is 2. The molecular weight excluding hydrogens is 498 g/mol. The van der Waals surface area contributed by atoms with Gasteiger partial charge in [-0.3, -0.25) is 19.7 Å². The fourth-order valence-corrected chi connectivity index (χ4v) is 4.10. The summed E-state index contributed by atoms with van der Waals surface area (Å²) in [6.07, 6.45) is -1.27. The Labute approximate surface area is 216 Å². The second kappa shape index (κ2) is 10.2. The third-order valence-corrected chi connectivity index (χ3v) is 6.22. The maximum absolute atomic E-state index is 13.4. The Balaban J connectivity index is 1.71. The van der Waals surface area contributed by atoms with Crippen LogP contribution in [0.25, 0.3) is 21.9 Å². The number of nitrogens with zero attached hydrogens (tertiary/aromatic N) is 2. The van der Waals surface area contributed by atoms with Crippen molar-refractivity contribution in [1.82, 2.24) is 4.57 Å². The highest BCUT2D eigenvalue weighted by atomic mass is 35.5. The van der Waals surface area contributed by atoms with E-state index in [1.165, 1.54) is 36.7 Å². The van der Waals surface area contributed by atoms with Crippen LogP contribution in [0.5, 0.6) is 0 Å². The van der Waals surface area contributed by atoms with Crippen molar-refractivity contribution in [1.29, 1.82) is 0 Å². The maximum Gasteiger partial charge on any atom is 0.356 e. The van der Waals surface area contributed by atoms with Crippen LogP contribution in [0.2, 0.25) is 5.02 Å². The van der Waals surface area contributed by atoms with Crippen molar-refractivity contribution in [3.05, 3.63) is 103 Å². The predicted molar refractivity (Wildman–Crippen MR) is 141 cm³/mol. The van der Waals surface area contributed by atoms with Crippen LogP contribution < -0.4 is 10.9 Å². The number of halogens is 1. The number of rotatable bonds is 6. The molecule has 0 spiro atoms. The van der Waals surface area contributed by atoms with Crippen molar-refractivity contribution >= 4 is 45.6 Å². The van der Waals surface area contributed by atoms with Gasteiger partial charge in [-0.15, -0.1) is 0 Å². The van der Waals surface area contributed by atoms with Gasteiger partial charge in [-0.25, -0.2) is 4.79 Å². The molecular formula is C27H22ClN3O6. The Morgan fingerprint density at radius 3 is 2.35 bits per heavy atom. The van der Waals surface area contributed by atoms with Crippen molar-refractivity contribution < 1.29 is 19.2 Å². The molecule has 0 radical (unpaired) electrons. The SMILES string of the molecule is Cc1ccc([N+](=O)[O-])cc1NC(=O)C(C)OC(=O)c1c(-c2ccc(Cl)cc2)c2ccccc2c(=O)n1C. The number of aryl methyl sites for hydroxylation is 1. The molecule has 0 aliphatic rings. The number of amides is 1. The van der Waals surface area contributed by atoms with Crippen molar-refractivity contribution in [2.75, 3.05) is 5.32 Å². The molecule has 37 heavy (non-hydrogen) atoms. The number of nitrogens with one attached hydrogen (secondary N) is 1. The summed E-state index contributed by atoms with van der Waals surface area (Å²) in [6.45, 7) is 3.06. The molecule has 1 aromatic heterocycles. The number of benzene rings is 3. The summed E-state index contributed by atoms with van der Waals surface area (Å²) in [5, 5.41) is 15.1. The summed E-state index contributed by atoms with van der Waals surface area (Å²) in [6, 6.07) is 17.8. The molecule has 0 fully saturated rings. The number of pyridine rings is 1. The summed E-state index contributed by atoms with van der Waals surface area (Å²) in [5.74, 6) is -1.57. The van der Waals surface area contributed by atoms with E-state index in [9.17, 15) is 24.5 Å². The molecule has 1 unspecified atom stereocenters. The molecule has 4 rings (SSSR count). The fourth-order valence-electron chi connectivity index (χ4n) is 3.98. The van der Waals surface area contributed by atoms with Crippen LogP contribution in [0.3, 0.4) is 0 Å². The fraction of sp³-hybridized carbons (Fsp3) is 0.148. The van der Waals surface area contributed by atoms with Gasteiger partial charge in [0.2, 0.25) is 0 Å². The zero-order valence-corrected chi connectivity index (χ0v) is 20.9. The quantitative estimate of drug-likeness (QED) is 0.211. The predicted octanol–water partition coefficient (Wildman–Crippen LogP) is 5.26. The number of nitro benzene ring substituents is 1. The molecule has 9 nitrogen and oxygen atoms in total. The standard InChI is InChI=1S/C27H22ClN3O6/c1-15-8-13-19(31(35)36)14-22(15)29-25(32)16(2)37-27(34)24-23(17-9-11-18(28)12-10-17)20-6-4-5-7-21(20)26(33)30(24)3/h4-14,16H,1-3H3,(H,29,32). The van der Waals surface area contributed by atoms with Crippen LogP contribution >= 0.6 is 11.6 Å². The van der Waals surface area contributed by atoms with Crippen LogP contribution in [0.1, 0.15) is 23.0 Å². The first kappa shape index (κ1) is 25.6.